The van der Waals surface area contributed by atoms with E-state index in [0.717, 1.165) is 12.8 Å². The third-order valence-corrected chi connectivity index (χ3v) is 3.63. The van der Waals surface area contributed by atoms with Crippen molar-refractivity contribution in [2.24, 2.45) is 17.3 Å². The fourth-order valence-corrected chi connectivity index (χ4v) is 2.59. The van der Waals surface area contributed by atoms with Crippen molar-refractivity contribution >= 4 is 5.91 Å². The van der Waals surface area contributed by atoms with Gasteiger partial charge in [-0.15, -0.1) is 0 Å². The summed E-state index contributed by atoms with van der Waals surface area (Å²) in [6, 6.07) is 5.39. The largest absolute Gasteiger partial charge is 0.385 e. The van der Waals surface area contributed by atoms with Gasteiger partial charge in [-0.3, -0.25) is 9.78 Å². The summed E-state index contributed by atoms with van der Waals surface area (Å²) in [5.74, 6) is 0.696. The minimum atomic E-state index is -0.736. The van der Waals surface area contributed by atoms with Gasteiger partial charge in [-0.25, -0.2) is 0 Å². The van der Waals surface area contributed by atoms with Gasteiger partial charge >= 0.3 is 0 Å². The number of rotatable bonds is 5. The number of nitrogens with zero attached hydrogens (tertiary/aromatic N) is 1. The second kappa shape index (κ2) is 5.92. The number of hydrogen-bond acceptors (Lipinski definition) is 3. The molecule has 1 fully saturated rings. The molecule has 1 aliphatic rings. The normalized spacial score (nSPS) is 23.2. The van der Waals surface area contributed by atoms with Crippen LogP contribution >= 0.6 is 0 Å². The van der Waals surface area contributed by atoms with Crippen molar-refractivity contribution in [1.82, 2.24) is 10.3 Å². The minimum absolute atomic E-state index is 0.0641. The molecule has 0 aromatic carbocycles. The van der Waals surface area contributed by atoms with Gasteiger partial charge in [-0.2, -0.15) is 0 Å². The molecule has 1 saturated carbocycles. The number of aromatic nitrogens is 1. The van der Waals surface area contributed by atoms with Crippen LogP contribution in [0.4, 0.5) is 0 Å². The molecular formula is C16H24N2O2. The van der Waals surface area contributed by atoms with E-state index in [2.05, 4.69) is 31.1 Å². The SMILES string of the molecule is CC(C)(C)C[C@@H]1C[C@H]1C(=O)NCC(O)c1ccccn1. The zero-order chi connectivity index (χ0) is 14.8. The highest BCUT2D eigenvalue weighted by Crippen LogP contribution is 2.46. The van der Waals surface area contributed by atoms with Crippen molar-refractivity contribution in [3.63, 3.8) is 0 Å². The van der Waals surface area contributed by atoms with Crippen molar-refractivity contribution in [3.05, 3.63) is 30.1 Å². The fourth-order valence-electron chi connectivity index (χ4n) is 2.59. The molecule has 20 heavy (non-hydrogen) atoms. The van der Waals surface area contributed by atoms with Crippen LogP contribution in [0.25, 0.3) is 0 Å². The molecule has 4 nitrogen and oxygen atoms in total. The summed E-state index contributed by atoms with van der Waals surface area (Å²) >= 11 is 0. The molecule has 0 saturated heterocycles. The van der Waals surface area contributed by atoms with Crippen LogP contribution < -0.4 is 5.32 Å². The van der Waals surface area contributed by atoms with Crippen LogP contribution in [0.15, 0.2) is 24.4 Å². The molecule has 4 heteroatoms. The topological polar surface area (TPSA) is 62.2 Å². The zero-order valence-corrected chi connectivity index (χ0v) is 12.5. The number of amides is 1. The summed E-state index contributed by atoms with van der Waals surface area (Å²) in [5, 5.41) is 12.8. The monoisotopic (exact) mass is 276 g/mol. The molecule has 3 atom stereocenters. The maximum Gasteiger partial charge on any atom is 0.223 e. The highest BCUT2D eigenvalue weighted by Gasteiger charge is 2.44. The van der Waals surface area contributed by atoms with E-state index in [1.807, 2.05) is 6.07 Å². The second-order valence-electron chi connectivity index (χ2n) is 6.88. The summed E-state index contributed by atoms with van der Waals surface area (Å²) in [5.41, 5.74) is 0.863. The Kier molecular flexibility index (Phi) is 4.43. The lowest BCUT2D eigenvalue weighted by Gasteiger charge is -2.17. The molecule has 0 radical (unpaired) electrons. The van der Waals surface area contributed by atoms with Gasteiger partial charge in [0.15, 0.2) is 0 Å². The molecule has 2 rings (SSSR count). The van der Waals surface area contributed by atoms with E-state index in [1.54, 1.807) is 18.3 Å². The number of pyridine rings is 1. The molecule has 1 aliphatic carbocycles. The number of carbonyl (C=O) groups is 1. The lowest BCUT2D eigenvalue weighted by atomic mass is 9.89. The number of nitrogens with one attached hydrogen (secondary N) is 1. The van der Waals surface area contributed by atoms with E-state index in [1.165, 1.54) is 0 Å². The van der Waals surface area contributed by atoms with Gasteiger partial charge in [0.05, 0.1) is 5.69 Å². The Labute approximate surface area is 120 Å². The van der Waals surface area contributed by atoms with Crippen LogP contribution in [0.3, 0.4) is 0 Å². The lowest BCUT2D eigenvalue weighted by Crippen LogP contribution is -2.30. The van der Waals surface area contributed by atoms with Gasteiger partial charge in [-0.05, 0) is 36.3 Å². The first-order valence-electron chi connectivity index (χ1n) is 7.23. The van der Waals surface area contributed by atoms with E-state index in [4.69, 9.17) is 0 Å². The Morgan fingerprint density at radius 1 is 1.50 bits per heavy atom. The molecule has 2 N–H and O–H groups in total. The maximum absolute atomic E-state index is 12.0. The summed E-state index contributed by atoms with van der Waals surface area (Å²) in [7, 11) is 0. The molecule has 1 unspecified atom stereocenters. The Morgan fingerprint density at radius 2 is 2.25 bits per heavy atom. The molecule has 1 aromatic rings. The predicted molar refractivity (Wildman–Crippen MR) is 77.9 cm³/mol. The average molecular weight is 276 g/mol. The number of aliphatic hydroxyl groups is 1. The molecule has 0 aliphatic heterocycles. The van der Waals surface area contributed by atoms with Gasteiger partial charge in [0.1, 0.15) is 6.10 Å². The summed E-state index contributed by atoms with van der Waals surface area (Å²) in [6.45, 7) is 6.83. The highest BCUT2D eigenvalue weighted by molar-refractivity contribution is 5.81. The van der Waals surface area contributed by atoms with E-state index >= 15 is 0 Å². The molecule has 110 valence electrons. The Bertz CT molecular complexity index is 453. The van der Waals surface area contributed by atoms with Crippen molar-refractivity contribution < 1.29 is 9.90 Å². The molecule has 1 heterocycles. The minimum Gasteiger partial charge on any atom is -0.385 e. The Balaban J connectivity index is 1.74. The Hall–Kier alpha value is -1.42. The standard InChI is InChI=1S/C16H24N2O2/c1-16(2,3)9-11-8-12(11)15(20)18-10-14(19)13-6-4-5-7-17-13/h4-7,11-12,14,19H,8-10H2,1-3H3,(H,18,20)/t11-,12+,14?/m0/s1. The Morgan fingerprint density at radius 3 is 2.85 bits per heavy atom. The zero-order valence-electron chi connectivity index (χ0n) is 12.5. The van der Waals surface area contributed by atoms with Crippen LogP contribution in [-0.4, -0.2) is 22.5 Å². The second-order valence-corrected chi connectivity index (χ2v) is 6.88. The van der Waals surface area contributed by atoms with E-state index in [9.17, 15) is 9.90 Å². The third-order valence-electron chi connectivity index (χ3n) is 3.63. The molecule has 0 spiro atoms. The van der Waals surface area contributed by atoms with Crippen LogP contribution in [0.1, 0.15) is 45.4 Å². The number of aliphatic hydroxyl groups excluding tert-OH is 1. The van der Waals surface area contributed by atoms with Crippen molar-refractivity contribution in [1.29, 1.82) is 0 Å². The van der Waals surface area contributed by atoms with Crippen LogP contribution in [0, 0.1) is 17.3 Å². The van der Waals surface area contributed by atoms with E-state index in [0.29, 0.717) is 11.6 Å². The van der Waals surface area contributed by atoms with Crippen LogP contribution in [0.5, 0.6) is 0 Å². The molecule has 1 amide bonds. The van der Waals surface area contributed by atoms with E-state index < -0.39 is 6.10 Å². The maximum atomic E-state index is 12.0. The third kappa shape index (κ3) is 4.30. The smallest absolute Gasteiger partial charge is 0.223 e. The number of carbonyl (C=O) groups excluding carboxylic acids is 1. The van der Waals surface area contributed by atoms with Gasteiger partial charge in [0.2, 0.25) is 5.91 Å². The van der Waals surface area contributed by atoms with Gasteiger partial charge < -0.3 is 10.4 Å². The summed E-state index contributed by atoms with van der Waals surface area (Å²) in [4.78, 5) is 16.1. The average Bonchev–Trinajstić information content (AvgIpc) is 3.13. The number of hydrogen-bond donors (Lipinski definition) is 2. The molecule has 0 bridgehead atoms. The summed E-state index contributed by atoms with van der Waals surface area (Å²) in [6.07, 6.45) is 2.96. The predicted octanol–water partition coefficient (Wildman–Crippen LogP) is 2.30. The van der Waals surface area contributed by atoms with E-state index in [-0.39, 0.29) is 23.8 Å². The molecular weight excluding hydrogens is 252 g/mol. The van der Waals surface area contributed by atoms with Crippen LogP contribution in [-0.2, 0) is 4.79 Å². The van der Waals surface area contributed by atoms with Gasteiger partial charge in [-0.1, -0.05) is 26.8 Å². The first kappa shape index (κ1) is 15.0. The highest BCUT2D eigenvalue weighted by atomic mass is 16.3. The van der Waals surface area contributed by atoms with Gasteiger partial charge in [0.25, 0.3) is 0 Å². The van der Waals surface area contributed by atoms with Crippen molar-refractivity contribution in [2.75, 3.05) is 6.54 Å². The lowest BCUT2D eigenvalue weighted by molar-refractivity contribution is -0.123. The quantitative estimate of drug-likeness (QED) is 0.867. The van der Waals surface area contributed by atoms with Crippen LogP contribution in [0.2, 0.25) is 0 Å². The fraction of sp³-hybridized carbons (Fsp3) is 0.625. The first-order valence-corrected chi connectivity index (χ1v) is 7.23. The van der Waals surface area contributed by atoms with Crippen molar-refractivity contribution in [3.8, 4) is 0 Å². The molecule has 1 aromatic heterocycles. The first-order chi connectivity index (χ1) is 9.37. The summed E-state index contributed by atoms with van der Waals surface area (Å²) < 4.78 is 0. The van der Waals surface area contributed by atoms with Crippen molar-refractivity contribution in [2.45, 2.75) is 39.7 Å². The van der Waals surface area contributed by atoms with Gasteiger partial charge in [0, 0.05) is 18.7 Å².